The van der Waals surface area contributed by atoms with Crippen molar-refractivity contribution in [2.45, 2.75) is 121 Å². The van der Waals surface area contributed by atoms with Crippen molar-refractivity contribution < 1.29 is 69.0 Å². The molecular formula is C62H79ClFN4O9Pd-. The van der Waals surface area contributed by atoms with E-state index >= 15 is 0 Å². The molecular weight excluding hydrogens is 1110 g/mol. The van der Waals surface area contributed by atoms with Crippen LogP contribution in [0.3, 0.4) is 0 Å². The zero-order chi connectivity index (χ0) is 56.0. The van der Waals surface area contributed by atoms with Crippen LogP contribution in [0.25, 0.3) is 21.8 Å². The number of ether oxygens (including phenoxy) is 5. The van der Waals surface area contributed by atoms with Gasteiger partial charge in [0.05, 0.1) is 19.4 Å². The van der Waals surface area contributed by atoms with Crippen molar-refractivity contribution in [2.24, 2.45) is 0 Å². The van der Waals surface area contributed by atoms with Gasteiger partial charge in [-0.3, -0.25) is 23.6 Å². The molecule has 3 fully saturated rings. The number of fused-ring (bicyclic) bond motifs is 4. The minimum atomic E-state index is -0.420. The summed E-state index contributed by atoms with van der Waals surface area (Å²) in [6.07, 6.45) is 6.40. The van der Waals surface area contributed by atoms with Gasteiger partial charge in [-0.1, -0.05) is 65.8 Å². The van der Waals surface area contributed by atoms with Crippen LogP contribution >= 0.6 is 11.6 Å². The molecule has 1 saturated heterocycles. The minimum absolute atomic E-state index is 0. The first-order valence-corrected chi connectivity index (χ1v) is 26.5. The number of amides is 2. The van der Waals surface area contributed by atoms with Crippen LogP contribution in [0.5, 0.6) is 23.0 Å². The smallest absolute Gasteiger partial charge is 0.242 e. The maximum Gasteiger partial charge on any atom is 0.242 e. The van der Waals surface area contributed by atoms with Crippen LogP contribution in [0.4, 0.5) is 4.39 Å². The molecule has 5 aliphatic rings. The SMILES string of the molecule is CC(C)(C)c1cc2cc(CC(=O)C3(c4ccc5c(c4)OCO5)CC3)ccc2[nH]1.CF.CN(C)C(=O)CCl.CN(C)C(=O)Cn1c(C(C)(C)C)cc2cc(CC(=O)C3(c4ccc5c(c4)OCO5)CC3)ccc21.[2H]C1CCCO1.[CH3-].[Pd]. The average molecular weight is 1190 g/mol. The van der Waals surface area contributed by atoms with E-state index in [4.69, 9.17) is 36.7 Å². The Kier molecular flexibility index (Phi) is 20.9. The molecule has 0 bridgehead atoms. The third-order valence-electron chi connectivity index (χ3n) is 14.5. The van der Waals surface area contributed by atoms with Crippen LogP contribution < -0.4 is 18.9 Å². The van der Waals surface area contributed by atoms with Crippen LogP contribution in [0.1, 0.15) is 115 Å². The van der Waals surface area contributed by atoms with E-state index in [1.54, 1.807) is 33.1 Å². The molecule has 2 aromatic heterocycles. The van der Waals surface area contributed by atoms with Gasteiger partial charge in [0.15, 0.2) is 23.0 Å². The number of aromatic amines is 1. The van der Waals surface area contributed by atoms with Crippen LogP contribution in [0, 0.1) is 7.43 Å². The monoisotopic (exact) mass is 1180 g/mol. The molecule has 16 heteroatoms. The summed E-state index contributed by atoms with van der Waals surface area (Å²) in [6, 6.07) is 28.7. The van der Waals surface area contributed by atoms with Gasteiger partial charge in [-0.15, -0.1) is 11.6 Å². The number of carbonyl (C=O) groups is 4. The van der Waals surface area contributed by atoms with Gasteiger partial charge in [-0.2, -0.15) is 0 Å². The number of likely N-dealkylation sites (N-methyl/N-ethyl adjacent to an activating group) is 1. The first-order valence-electron chi connectivity index (χ1n) is 26.6. The van der Waals surface area contributed by atoms with E-state index in [1.807, 2.05) is 42.5 Å². The van der Waals surface area contributed by atoms with E-state index in [-0.39, 0.29) is 93.5 Å². The van der Waals surface area contributed by atoms with Crippen molar-refractivity contribution >= 4 is 56.8 Å². The van der Waals surface area contributed by atoms with E-state index in [9.17, 15) is 23.6 Å². The van der Waals surface area contributed by atoms with Crippen LogP contribution in [0.15, 0.2) is 84.9 Å². The molecule has 78 heavy (non-hydrogen) atoms. The van der Waals surface area contributed by atoms with Crippen molar-refractivity contribution in [3.63, 3.8) is 0 Å². The van der Waals surface area contributed by atoms with E-state index in [2.05, 4.69) is 93.6 Å². The Hall–Kier alpha value is -5.72. The van der Waals surface area contributed by atoms with Crippen molar-refractivity contribution in [3.8, 4) is 23.0 Å². The first kappa shape index (κ1) is 61.5. The molecule has 13 nitrogen and oxygen atoms in total. The summed E-state index contributed by atoms with van der Waals surface area (Å²) >= 11 is 5.16. The van der Waals surface area contributed by atoms with Gasteiger partial charge >= 0.3 is 0 Å². The van der Waals surface area contributed by atoms with Crippen molar-refractivity contribution in [3.05, 3.63) is 126 Å². The summed E-state index contributed by atoms with van der Waals surface area (Å²) < 4.78 is 45.2. The van der Waals surface area contributed by atoms with Crippen LogP contribution in [-0.4, -0.2) is 111 Å². The normalized spacial score (nSPS) is 16.6. The summed E-state index contributed by atoms with van der Waals surface area (Å²) in [5.41, 5.74) is 7.80. The molecule has 2 amide bonds. The molecule has 6 aromatic rings. The predicted octanol–water partition coefficient (Wildman–Crippen LogP) is 11.8. The largest absolute Gasteiger partial charge is 0.454 e. The Bertz CT molecular complexity index is 3090. The third kappa shape index (κ3) is 14.7. The second kappa shape index (κ2) is 26.5. The van der Waals surface area contributed by atoms with Gasteiger partial charge < -0.3 is 50.5 Å². The second-order valence-corrected chi connectivity index (χ2v) is 22.8. The Balaban J connectivity index is 0.000000228. The zero-order valence-corrected chi connectivity index (χ0v) is 49.8. The average Bonchev–Trinajstić information content (AvgIpc) is 4.02. The van der Waals surface area contributed by atoms with Crippen LogP contribution in [-0.2, 0) is 85.4 Å². The molecule has 0 spiro atoms. The number of H-pyrrole nitrogens is 1. The van der Waals surface area contributed by atoms with Gasteiger partial charge in [0.2, 0.25) is 25.4 Å². The van der Waals surface area contributed by atoms with Crippen LogP contribution in [0.2, 0.25) is 0 Å². The number of hydrogen-bond donors (Lipinski definition) is 1. The van der Waals surface area contributed by atoms with Gasteiger partial charge in [0, 0.05) is 113 Å². The number of alkyl halides is 2. The number of benzene rings is 4. The summed E-state index contributed by atoms with van der Waals surface area (Å²) in [4.78, 5) is 56.1. The molecule has 11 rings (SSSR count). The summed E-state index contributed by atoms with van der Waals surface area (Å²) in [5.74, 6) is 3.59. The number of Topliss-reactive ketones (excluding diaryl/α,β-unsaturated/α-hetero) is 2. The van der Waals surface area contributed by atoms with E-state index in [1.165, 1.54) is 16.0 Å². The number of aromatic nitrogens is 2. The number of nitrogens with zero attached hydrogens (tertiary/aromatic N) is 3. The molecule has 2 saturated carbocycles. The second-order valence-electron chi connectivity index (χ2n) is 22.5. The van der Waals surface area contributed by atoms with E-state index in [0.29, 0.717) is 26.6 Å². The minimum Gasteiger partial charge on any atom is -0.454 e. The zero-order valence-electron chi connectivity index (χ0n) is 48.4. The molecule has 1 N–H and O–H groups in total. The predicted molar refractivity (Wildman–Crippen MR) is 304 cm³/mol. The van der Waals surface area contributed by atoms with Crippen molar-refractivity contribution in [1.29, 1.82) is 0 Å². The van der Waals surface area contributed by atoms with E-state index in [0.717, 1.165) is 112 Å². The molecule has 4 aromatic carbocycles. The fourth-order valence-corrected chi connectivity index (χ4v) is 9.77. The molecule has 3 aliphatic heterocycles. The Morgan fingerprint density at radius 2 is 1.15 bits per heavy atom. The molecule has 1 atom stereocenters. The summed E-state index contributed by atoms with van der Waals surface area (Å²) in [5, 5.41) is 2.23. The Morgan fingerprint density at radius 3 is 1.56 bits per heavy atom. The fraction of sp³-hybridized carbons (Fsp3) is 0.468. The number of nitrogens with one attached hydrogen (secondary N) is 1. The Labute approximate surface area is 480 Å². The molecule has 2 aliphatic carbocycles. The number of halogens is 2. The first-order chi connectivity index (χ1) is 36.5. The van der Waals surface area contributed by atoms with Gasteiger partial charge in [0.1, 0.15) is 24.0 Å². The molecule has 426 valence electrons. The van der Waals surface area contributed by atoms with Gasteiger partial charge in [0.25, 0.3) is 0 Å². The number of ketones is 2. The van der Waals surface area contributed by atoms with Gasteiger partial charge in [-0.25, -0.2) is 0 Å². The maximum atomic E-state index is 13.5. The molecule has 0 radical (unpaired) electrons. The molecule has 1 unspecified atom stereocenters. The third-order valence-corrected chi connectivity index (χ3v) is 14.7. The Morgan fingerprint density at radius 1 is 0.654 bits per heavy atom. The van der Waals surface area contributed by atoms with Crippen molar-refractivity contribution in [1.82, 2.24) is 19.4 Å². The molecule has 5 heterocycles. The summed E-state index contributed by atoms with van der Waals surface area (Å²) in [7, 11) is 7.40. The number of carbonyl (C=O) groups excluding carboxylic acids is 4. The summed E-state index contributed by atoms with van der Waals surface area (Å²) in [6.45, 7) is 14.5. The topological polar surface area (TPSA) is 142 Å². The van der Waals surface area contributed by atoms with E-state index < -0.39 is 5.41 Å². The maximum absolute atomic E-state index is 13.5. The van der Waals surface area contributed by atoms with Gasteiger partial charge in [-0.05, 0) is 127 Å². The number of hydrogen-bond acceptors (Lipinski definition) is 9. The standard InChI is InChI=1S/C28H32N2O4.C24H25NO3.C4H8ClNO.C4H8O.CH3F.CH3.Pd/c1-27(2,3)24-14-19-12-18(6-8-21(19)30(24)16-26(32)29(4)5)13-25(31)28(10-11-28)20-7-9-22-23(15-20)34-17-33-22;1-23(2,3)21-12-16-10-15(4-6-18(16)25-21)11-22(26)24(8-9-24)17-5-7-19-20(13-17)28-14-27-19;1-6(2)4(7)3-5;1-2-4-5-3-1;1-2;;/h6-9,12,14-15H,10-11,13,16-17H2,1-5H3;4-7,10,12-13,25H,8-9,11,14H2,1-3H3;3H2,1-2H3;1-4H2;1H3;1H3;/q;;;;;-1;/i;;;3D;;;. The fourth-order valence-electron chi connectivity index (χ4n) is 9.54. The quantitative estimate of drug-likeness (QED) is 0.0762. The van der Waals surface area contributed by atoms with Crippen molar-refractivity contribution in [2.75, 3.05) is 68.0 Å². The number of rotatable bonds is 11.